The molecule has 0 aliphatic rings. The van der Waals surface area contributed by atoms with Gasteiger partial charge in [0, 0.05) is 23.0 Å². The van der Waals surface area contributed by atoms with Gasteiger partial charge < -0.3 is 14.8 Å². The van der Waals surface area contributed by atoms with E-state index in [1.807, 2.05) is 6.92 Å². The van der Waals surface area contributed by atoms with E-state index in [2.05, 4.69) is 10.3 Å². The van der Waals surface area contributed by atoms with Gasteiger partial charge in [0.25, 0.3) is 0 Å². The SMILES string of the molecule is CCNc1ccc2c(N(C(=O)OC(C)(C)C)C(=O)OC(C)(C)C)ncc(F)c2c1. The van der Waals surface area contributed by atoms with Gasteiger partial charge >= 0.3 is 12.2 Å². The van der Waals surface area contributed by atoms with Crippen LogP contribution in [0.15, 0.2) is 24.4 Å². The average Bonchev–Trinajstić information content (AvgIpc) is 2.54. The summed E-state index contributed by atoms with van der Waals surface area (Å²) in [4.78, 5) is 30.4. The number of carbonyl (C=O) groups is 2. The monoisotopic (exact) mass is 405 g/mol. The van der Waals surface area contributed by atoms with Crippen molar-refractivity contribution in [1.29, 1.82) is 0 Å². The lowest BCUT2D eigenvalue weighted by atomic mass is 10.1. The van der Waals surface area contributed by atoms with Gasteiger partial charge in [-0.3, -0.25) is 0 Å². The molecule has 0 bridgehead atoms. The van der Waals surface area contributed by atoms with Crippen LogP contribution in [0.3, 0.4) is 0 Å². The number of hydrogen-bond acceptors (Lipinski definition) is 6. The number of aromatic nitrogens is 1. The molecule has 7 nitrogen and oxygen atoms in total. The third-order valence-corrected chi connectivity index (χ3v) is 3.56. The first-order valence-electron chi connectivity index (χ1n) is 9.40. The van der Waals surface area contributed by atoms with Gasteiger partial charge in [-0.1, -0.05) is 0 Å². The van der Waals surface area contributed by atoms with Gasteiger partial charge in [-0.05, 0) is 66.7 Å². The molecule has 0 aliphatic heterocycles. The van der Waals surface area contributed by atoms with Gasteiger partial charge in [-0.2, -0.15) is 4.90 Å². The Morgan fingerprint density at radius 2 is 1.59 bits per heavy atom. The van der Waals surface area contributed by atoms with Crippen molar-refractivity contribution in [2.75, 3.05) is 16.8 Å². The summed E-state index contributed by atoms with van der Waals surface area (Å²) < 4.78 is 25.2. The van der Waals surface area contributed by atoms with E-state index in [4.69, 9.17) is 9.47 Å². The Hall–Kier alpha value is -2.90. The van der Waals surface area contributed by atoms with Gasteiger partial charge in [0.1, 0.15) is 17.0 Å². The molecule has 0 radical (unpaired) electrons. The number of nitrogens with one attached hydrogen (secondary N) is 1. The number of amides is 2. The van der Waals surface area contributed by atoms with E-state index in [0.717, 1.165) is 6.20 Å². The Bertz CT molecular complexity index is 889. The van der Waals surface area contributed by atoms with Crippen molar-refractivity contribution in [1.82, 2.24) is 4.98 Å². The highest BCUT2D eigenvalue weighted by Crippen LogP contribution is 2.31. The lowest BCUT2D eigenvalue weighted by Gasteiger charge is -2.28. The third-order valence-electron chi connectivity index (χ3n) is 3.56. The normalized spacial score (nSPS) is 11.9. The number of anilines is 2. The number of benzene rings is 1. The molecule has 0 saturated carbocycles. The van der Waals surface area contributed by atoms with Crippen LogP contribution in [0.5, 0.6) is 0 Å². The van der Waals surface area contributed by atoms with Crippen LogP contribution in [0.2, 0.25) is 0 Å². The van der Waals surface area contributed by atoms with Crippen molar-refractivity contribution in [3.05, 3.63) is 30.2 Å². The molecule has 0 aliphatic carbocycles. The summed E-state index contributed by atoms with van der Waals surface area (Å²) in [5.41, 5.74) is -1.01. The smallest absolute Gasteiger partial charge is 0.425 e. The highest BCUT2D eigenvalue weighted by atomic mass is 19.1. The molecule has 1 aromatic carbocycles. The molecule has 0 unspecified atom stereocenters. The lowest BCUT2D eigenvalue weighted by molar-refractivity contribution is 0.0429. The van der Waals surface area contributed by atoms with Crippen LogP contribution in [0.1, 0.15) is 48.5 Å². The van der Waals surface area contributed by atoms with Crippen molar-refractivity contribution in [2.24, 2.45) is 0 Å². The number of hydrogen-bond donors (Lipinski definition) is 1. The quantitative estimate of drug-likeness (QED) is 0.728. The highest BCUT2D eigenvalue weighted by molar-refractivity contribution is 6.14. The summed E-state index contributed by atoms with van der Waals surface area (Å²) in [7, 11) is 0. The van der Waals surface area contributed by atoms with Crippen molar-refractivity contribution in [3.8, 4) is 0 Å². The van der Waals surface area contributed by atoms with E-state index in [1.165, 1.54) is 0 Å². The van der Waals surface area contributed by atoms with Crippen LogP contribution in [0.25, 0.3) is 10.8 Å². The average molecular weight is 405 g/mol. The van der Waals surface area contributed by atoms with Gasteiger partial charge in [0.15, 0.2) is 5.82 Å². The van der Waals surface area contributed by atoms with Crippen LogP contribution in [0, 0.1) is 5.82 Å². The van der Waals surface area contributed by atoms with Gasteiger partial charge in [-0.15, -0.1) is 0 Å². The number of imide groups is 1. The Kier molecular flexibility index (Phi) is 6.35. The number of nitrogens with zero attached hydrogens (tertiary/aromatic N) is 2. The molecule has 0 saturated heterocycles. The largest absolute Gasteiger partial charge is 0.443 e. The number of rotatable bonds is 3. The molecule has 0 fully saturated rings. The fourth-order valence-electron chi connectivity index (χ4n) is 2.55. The first kappa shape index (κ1) is 22.4. The van der Waals surface area contributed by atoms with Crippen LogP contribution in [0.4, 0.5) is 25.5 Å². The topological polar surface area (TPSA) is 80.8 Å². The lowest BCUT2D eigenvalue weighted by Crippen LogP contribution is -2.44. The first-order valence-corrected chi connectivity index (χ1v) is 9.40. The molecule has 158 valence electrons. The summed E-state index contributed by atoms with van der Waals surface area (Å²) >= 11 is 0. The number of carbonyl (C=O) groups excluding carboxylic acids is 2. The van der Waals surface area contributed by atoms with E-state index >= 15 is 0 Å². The number of pyridine rings is 1. The minimum absolute atomic E-state index is 0.0621. The number of fused-ring (bicyclic) bond motifs is 1. The maximum absolute atomic E-state index is 14.5. The molecule has 29 heavy (non-hydrogen) atoms. The third kappa shape index (κ3) is 5.79. The van der Waals surface area contributed by atoms with E-state index in [1.54, 1.807) is 59.7 Å². The Morgan fingerprint density at radius 1 is 1.03 bits per heavy atom. The molecular formula is C21H28FN3O4. The van der Waals surface area contributed by atoms with Gasteiger partial charge in [0.05, 0.1) is 6.20 Å². The van der Waals surface area contributed by atoms with Crippen LogP contribution in [-0.4, -0.2) is 34.9 Å². The maximum atomic E-state index is 14.5. The Labute approximate surface area is 170 Å². The zero-order chi connectivity index (χ0) is 22.0. The van der Waals surface area contributed by atoms with E-state index in [9.17, 15) is 14.0 Å². The van der Waals surface area contributed by atoms with E-state index < -0.39 is 29.2 Å². The molecule has 0 atom stereocenters. The minimum Gasteiger partial charge on any atom is -0.443 e. The van der Waals surface area contributed by atoms with Crippen molar-refractivity contribution in [3.63, 3.8) is 0 Å². The number of halogens is 1. The maximum Gasteiger partial charge on any atom is 0.425 e. The van der Waals surface area contributed by atoms with Crippen molar-refractivity contribution < 1.29 is 23.5 Å². The Balaban J connectivity index is 2.63. The standard InChI is InChI=1S/C21H28FN3O4/c1-8-23-13-9-10-14-15(11-13)16(22)12-24-17(14)25(18(26)28-20(2,3)4)19(27)29-21(5,6)7/h9-12,23H,8H2,1-7H3. The number of ether oxygens (including phenoxy) is 2. The zero-order valence-corrected chi connectivity index (χ0v) is 17.9. The molecule has 8 heteroatoms. The molecule has 1 N–H and O–H groups in total. The highest BCUT2D eigenvalue weighted by Gasteiger charge is 2.34. The predicted octanol–water partition coefficient (Wildman–Crippen LogP) is 5.48. The summed E-state index contributed by atoms with van der Waals surface area (Å²) in [5, 5.41) is 3.59. The van der Waals surface area contributed by atoms with Crippen molar-refractivity contribution in [2.45, 2.75) is 59.7 Å². The van der Waals surface area contributed by atoms with E-state index in [0.29, 0.717) is 17.1 Å². The molecule has 2 amide bonds. The first-order chi connectivity index (χ1) is 13.3. The van der Waals surface area contributed by atoms with Crippen LogP contribution < -0.4 is 10.2 Å². The summed E-state index contributed by atoms with van der Waals surface area (Å²) in [6.07, 6.45) is -0.944. The molecule has 2 aromatic rings. The van der Waals surface area contributed by atoms with Crippen molar-refractivity contribution >= 4 is 34.5 Å². The molecular weight excluding hydrogens is 377 g/mol. The molecule has 0 spiro atoms. The molecule has 2 rings (SSSR count). The minimum atomic E-state index is -0.956. The van der Waals surface area contributed by atoms with E-state index in [-0.39, 0.29) is 16.6 Å². The molecule has 1 heterocycles. The summed E-state index contributed by atoms with van der Waals surface area (Å²) in [6, 6.07) is 4.92. The second-order valence-electron chi connectivity index (χ2n) is 8.52. The van der Waals surface area contributed by atoms with Crippen LogP contribution in [-0.2, 0) is 9.47 Å². The summed E-state index contributed by atoms with van der Waals surface area (Å²) in [5.74, 6) is -0.634. The Morgan fingerprint density at radius 3 is 2.07 bits per heavy atom. The molecule has 1 aromatic heterocycles. The predicted molar refractivity (Wildman–Crippen MR) is 111 cm³/mol. The second kappa shape index (κ2) is 8.23. The second-order valence-corrected chi connectivity index (χ2v) is 8.52. The summed E-state index contributed by atoms with van der Waals surface area (Å²) in [6.45, 7) is 12.6. The fourth-order valence-corrected chi connectivity index (χ4v) is 2.55. The fraction of sp³-hybridized carbons (Fsp3) is 0.476. The van der Waals surface area contributed by atoms with Gasteiger partial charge in [-0.25, -0.2) is 19.0 Å². The van der Waals surface area contributed by atoms with Crippen LogP contribution >= 0.6 is 0 Å². The van der Waals surface area contributed by atoms with Gasteiger partial charge in [0.2, 0.25) is 0 Å². The zero-order valence-electron chi connectivity index (χ0n) is 17.9.